The zero-order valence-corrected chi connectivity index (χ0v) is 19.1. The van der Waals surface area contributed by atoms with Gasteiger partial charge in [0.05, 0.1) is 12.2 Å². The molecule has 1 aromatic heterocycles. The normalized spacial score (nSPS) is 18.9. The van der Waals surface area contributed by atoms with Crippen molar-refractivity contribution in [2.45, 2.75) is 57.5 Å². The number of likely N-dealkylation sites (tertiary alicyclic amines) is 1. The molecule has 1 aromatic carbocycles. The number of rotatable bonds is 8. The number of amides is 2. The second-order valence-electron chi connectivity index (χ2n) is 9.11. The summed E-state index contributed by atoms with van der Waals surface area (Å²) in [6.45, 7) is 1.64. The Labute approximate surface area is 190 Å². The Bertz CT molecular complexity index is 943. The molecule has 1 saturated heterocycles. The van der Waals surface area contributed by atoms with E-state index >= 15 is 0 Å². The molecule has 2 fully saturated rings. The van der Waals surface area contributed by atoms with Gasteiger partial charge in [-0.3, -0.25) is 9.59 Å². The molecule has 1 aliphatic heterocycles. The van der Waals surface area contributed by atoms with Gasteiger partial charge in [-0.2, -0.15) is 0 Å². The molecular weight excluding hydrogens is 402 g/mol. The third-order valence-electron chi connectivity index (χ3n) is 6.64. The van der Waals surface area contributed by atoms with Crippen molar-refractivity contribution >= 4 is 17.6 Å². The van der Waals surface area contributed by atoms with E-state index in [2.05, 4.69) is 10.3 Å². The van der Waals surface area contributed by atoms with Gasteiger partial charge in [0.25, 0.3) is 0 Å². The van der Waals surface area contributed by atoms with Crippen LogP contribution in [0.15, 0.2) is 36.4 Å². The van der Waals surface area contributed by atoms with Crippen LogP contribution in [0, 0.1) is 5.92 Å². The van der Waals surface area contributed by atoms with Crippen molar-refractivity contribution in [2.75, 3.05) is 26.0 Å². The molecule has 1 atom stereocenters. The monoisotopic (exact) mass is 435 g/mol. The summed E-state index contributed by atoms with van der Waals surface area (Å²) in [5.74, 6) is 2.18. The van der Waals surface area contributed by atoms with Gasteiger partial charge in [0.2, 0.25) is 11.8 Å². The summed E-state index contributed by atoms with van der Waals surface area (Å²) in [7, 11) is 3.65. The van der Waals surface area contributed by atoms with Gasteiger partial charge in [-0.15, -0.1) is 0 Å². The van der Waals surface area contributed by atoms with Crippen molar-refractivity contribution in [3.05, 3.63) is 53.5 Å². The van der Waals surface area contributed by atoms with E-state index in [0.717, 1.165) is 29.9 Å². The van der Waals surface area contributed by atoms with Crippen LogP contribution in [0.2, 0.25) is 0 Å². The van der Waals surface area contributed by atoms with Crippen LogP contribution in [0.25, 0.3) is 0 Å². The quantitative estimate of drug-likeness (QED) is 0.686. The van der Waals surface area contributed by atoms with Gasteiger partial charge < -0.3 is 15.1 Å². The number of hydrogen-bond donors (Lipinski definition) is 1. The third-order valence-corrected chi connectivity index (χ3v) is 6.64. The van der Waals surface area contributed by atoms with Crippen LogP contribution >= 0.6 is 0 Å². The lowest BCUT2D eigenvalue weighted by Gasteiger charge is -2.20. The molecule has 7 heteroatoms. The maximum absolute atomic E-state index is 12.7. The molecule has 0 bridgehead atoms. The fourth-order valence-corrected chi connectivity index (χ4v) is 4.77. The van der Waals surface area contributed by atoms with E-state index in [9.17, 15) is 9.59 Å². The second kappa shape index (κ2) is 10.1. The van der Waals surface area contributed by atoms with E-state index in [1.807, 2.05) is 55.4 Å². The van der Waals surface area contributed by atoms with Crippen LogP contribution in [0.1, 0.15) is 61.5 Å². The highest BCUT2D eigenvalue weighted by molar-refractivity contribution is 5.79. The minimum absolute atomic E-state index is 0.0274. The van der Waals surface area contributed by atoms with Crippen LogP contribution in [-0.4, -0.2) is 52.2 Å². The number of nitrogens with zero attached hydrogens (tertiary/aromatic N) is 4. The van der Waals surface area contributed by atoms with Crippen LogP contribution in [0.3, 0.4) is 0 Å². The second-order valence-corrected chi connectivity index (χ2v) is 9.11. The maximum atomic E-state index is 12.7. The molecule has 32 heavy (non-hydrogen) atoms. The van der Waals surface area contributed by atoms with Gasteiger partial charge in [0.1, 0.15) is 11.6 Å². The highest BCUT2D eigenvalue weighted by Crippen LogP contribution is 2.30. The Morgan fingerprint density at radius 3 is 2.66 bits per heavy atom. The molecule has 1 aliphatic carbocycles. The average molecular weight is 436 g/mol. The predicted molar refractivity (Wildman–Crippen MR) is 124 cm³/mol. The molecule has 2 amide bonds. The first-order chi connectivity index (χ1) is 15.5. The third kappa shape index (κ3) is 5.44. The number of carbonyl (C=O) groups excluding carboxylic acids is 2. The number of hydrogen-bond acceptors (Lipinski definition) is 5. The SMILES string of the molecule is CNc1cc([C@H]2CC(=O)N(Cc3ccccc3)C2)nc(CN(C)C(=O)CC2CCCC2)n1. The van der Waals surface area contributed by atoms with Crippen molar-refractivity contribution < 1.29 is 9.59 Å². The van der Waals surface area contributed by atoms with E-state index in [0.29, 0.717) is 44.2 Å². The number of nitrogens with one attached hydrogen (secondary N) is 1. The highest BCUT2D eigenvalue weighted by atomic mass is 16.2. The summed E-state index contributed by atoms with van der Waals surface area (Å²) in [6.07, 6.45) is 5.85. The van der Waals surface area contributed by atoms with Gasteiger partial charge in [-0.05, 0) is 24.3 Å². The zero-order chi connectivity index (χ0) is 22.5. The first-order valence-electron chi connectivity index (χ1n) is 11.6. The number of anilines is 1. The summed E-state index contributed by atoms with van der Waals surface area (Å²) in [4.78, 5) is 38.3. The molecule has 0 unspecified atom stereocenters. The van der Waals surface area contributed by atoms with Crippen molar-refractivity contribution in [1.82, 2.24) is 19.8 Å². The Hall–Kier alpha value is -2.96. The topological polar surface area (TPSA) is 78.4 Å². The molecule has 2 aliphatic rings. The lowest BCUT2D eigenvalue weighted by atomic mass is 10.0. The van der Waals surface area contributed by atoms with Crippen LogP contribution in [0.4, 0.5) is 5.82 Å². The summed E-state index contributed by atoms with van der Waals surface area (Å²) >= 11 is 0. The van der Waals surface area contributed by atoms with Crippen LogP contribution < -0.4 is 5.32 Å². The van der Waals surface area contributed by atoms with E-state index < -0.39 is 0 Å². The van der Waals surface area contributed by atoms with Gasteiger partial charge in [0, 0.05) is 52.0 Å². The summed E-state index contributed by atoms with van der Waals surface area (Å²) in [6, 6.07) is 12.0. The number of carbonyl (C=O) groups is 2. The average Bonchev–Trinajstić information content (AvgIpc) is 3.44. The molecule has 0 radical (unpaired) electrons. The highest BCUT2D eigenvalue weighted by Gasteiger charge is 2.32. The largest absolute Gasteiger partial charge is 0.373 e. The molecule has 4 rings (SSSR count). The Kier molecular flexibility index (Phi) is 7.02. The zero-order valence-electron chi connectivity index (χ0n) is 19.1. The van der Waals surface area contributed by atoms with E-state index in [-0.39, 0.29) is 17.7 Å². The van der Waals surface area contributed by atoms with E-state index in [4.69, 9.17) is 4.98 Å². The molecule has 7 nitrogen and oxygen atoms in total. The minimum atomic E-state index is 0.0274. The van der Waals surface area contributed by atoms with Crippen molar-refractivity contribution in [1.29, 1.82) is 0 Å². The minimum Gasteiger partial charge on any atom is -0.373 e. The summed E-state index contributed by atoms with van der Waals surface area (Å²) in [5, 5.41) is 3.10. The van der Waals surface area contributed by atoms with Gasteiger partial charge in [0.15, 0.2) is 0 Å². The molecule has 1 saturated carbocycles. The molecule has 0 spiro atoms. The summed E-state index contributed by atoms with van der Waals surface area (Å²) in [5.41, 5.74) is 1.99. The maximum Gasteiger partial charge on any atom is 0.223 e. The Balaban J connectivity index is 1.43. The van der Waals surface area contributed by atoms with E-state index in [1.165, 1.54) is 12.8 Å². The molecule has 2 aromatic rings. The fraction of sp³-hybridized carbons (Fsp3) is 0.520. The number of benzene rings is 1. The van der Waals surface area contributed by atoms with Gasteiger partial charge in [-0.25, -0.2) is 9.97 Å². The standard InChI is InChI=1S/C25H33N5O2/c1-26-22-14-21(20-13-25(32)30(16-20)15-19-10-4-3-5-11-19)27-23(28-22)17-29(2)24(31)12-18-8-6-7-9-18/h3-5,10-11,14,18,20H,6-9,12-13,15-17H2,1-2H3,(H,26,27,28)/t20-/m0/s1. The molecule has 170 valence electrons. The Morgan fingerprint density at radius 1 is 1.19 bits per heavy atom. The smallest absolute Gasteiger partial charge is 0.223 e. The lowest BCUT2D eigenvalue weighted by molar-refractivity contribution is -0.131. The first kappa shape index (κ1) is 22.2. The van der Waals surface area contributed by atoms with Crippen molar-refractivity contribution in [3.8, 4) is 0 Å². The van der Waals surface area contributed by atoms with Gasteiger partial charge >= 0.3 is 0 Å². The molecule has 2 heterocycles. The molecular formula is C25H33N5O2. The Morgan fingerprint density at radius 2 is 1.94 bits per heavy atom. The predicted octanol–water partition coefficient (Wildman–Crippen LogP) is 3.57. The van der Waals surface area contributed by atoms with Crippen molar-refractivity contribution in [3.63, 3.8) is 0 Å². The fourth-order valence-electron chi connectivity index (χ4n) is 4.77. The van der Waals surface area contributed by atoms with Crippen molar-refractivity contribution in [2.24, 2.45) is 5.92 Å². The first-order valence-corrected chi connectivity index (χ1v) is 11.6. The molecule has 1 N–H and O–H groups in total. The summed E-state index contributed by atoms with van der Waals surface area (Å²) < 4.78 is 0. The van der Waals surface area contributed by atoms with Crippen LogP contribution in [-0.2, 0) is 22.7 Å². The van der Waals surface area contributed by atoms with Gasteiger partial charge in [-0.1, -0.05) is 43.2 Å². The van der Waals surface area contributed by atoms with Crippen LogP contribution in [0.5, 0.6) is 0 Å². The number of aromatic nitrogens is 2. The lowest BCUT2D eigenvalue weighted by Crippen LogP contribution is -2.29. The van der Waals surface area contributed by atoms with E-state index in [1.54, 1.807) is 4.90 Å².